The van der Waals surface area contributed by atoms with Crippen LogP contribution in [-0.4, -0.2) is 50.4 Å². The SMILES string of the molecule is CCOc1cc(C=NNC(=O)C(CC(C)C)NC(=O)c2ccc(Cl)cc2)ccc1OCC(=O)OC. The van der Waals surface area contributed by atoms with E-state index in [2.05, 4.69) is 20.6 Å². The molecule has 1 unspecified atom stereocenters. The van der Waals surface area contributed by atoms with Gasteiger partial charge in [0.2, 0.25) is 0 Å². The van der Waals surface area contributed by atoms with Gasteiger partial charge in [0, 0.05) is 10.6 Å². The first-order chi connectivity index (χ1) is 16.7. The van der Waals surface area contributed by atoms with Crippen molar-refractivity contribution >= 4 is 35.6 Å². The molecule has 2 aromatic rings. The number of methoxy groups -OCH3 is 1. The number of nitrogens with one attached hydrogen (secondary N) is 2. The molecule has 0 fully saturated rings. The summed E-state index contributed by atoms with van der Waals surface area (Å²) in [5.41, 5.74) is 3.51. The van der Waals surface area contributed by atoms with E-state index in [1.54, 1.807) is 42.5 Å². The summed E-state index contributed by atoms with van der Waals surface area (Å²) in [4.78, 5) is 36.6. The van der Waals surface area contributed by atoms with Crippen molar-refractivity contribution in [2.24, 2.45) is 11.0 Å². The topological polar surface area (TPSA) is 115 Å². The first kappa shape index (κ1) is 27.7. The lowest BCUT2D eigenvalue weighted by Crippen LogP contribution is -2.46. The van der Waals surface area contributed by atoms with Crippen LogP contribution in [-0.2, 0) is 14.3 Å². The van der Waals surface area contributed by atoms with Crippen LogP contribution in [0.1, 0.15) is 43.1 Å². The number of carbonyl (C=O) groups is 3. The van der Waals surface area contributed by atoms with Crippen LogP contribution in [0.25, 0.3) is 0 Å². The predicted molar refractivity (Wildman–Crippen MR) is 133 cm³/mol. The third-order valence-electron chi connectivity index (χ3n) is 4.66. The molecule has 1 atom stereocenters. The maximum absolute atomic E-state index is 12.7. The second-order valence-electron chi connectivity index (χ2n) is 7.90. The largest absolute Gasteiger partial charge is 0.490 e. The molecule has 2 aromatic carbocycles. The monoisotopic (exact) mass is 503 g/mol. The molecular formula is C25H30ClN3O6. The van der Waals surface area contributed by atoms with Crippen molar-refractivity contribution in [1.82, 2.24) is 10.7 Å². The Morgan fingerprint density at radius 3 is 2.40 bits per heavy atom. The summed E-state index contributed by atoms with van der Waals surface area (Å²) in [7, 11) is 1.28. The second kappa shape index (κ2) is 14.0. The molecule has 2 N–H and O–H groups in total. The Morgan fingerprint density at radius 1 is 1.06 bits per heavy atom. The van der Waals surface area contributed by atoms with Crippen molar-refractivity contribution in [3.05, 3.63) is 58.6 Å². The van der Waals surface area contributed by atoms with E-state index in [4.69, 9.17) is 21.1 Å². The summed E-state index contributed by atoms with van der Waals surface area (Å²) in [5, 5.41) is 7.28. The van der Waals surface area contributed by atoms with Gasteiger partial charge in [-0.25, -0.2) is 10.2 Å². The second-order valence-corrected chi connectivity index (χ2v) is 8.34. The summed E-state index contributed by atoms with van der Waals surface area (Å²) in [6.45, 7) is 5.86. The van der Waals surface area contributed by atoms with Gasteiger partial charge in [-0.15, -0.1) is 0 Å². The minimum atomic E-state index is -0.775. The van der Waals surface area contributed by atoms with Gasteiger partial charge < -0.3 is 19.5 Å². The Balaban J connectivity index is 2.06. The summed E-state index contributed by atoms with van der Waals surface area (Å²) < 4.78 is 15.6. The van der Waals surface area contributed by atoms with E-state index in [0.717, 1.165) is 0 Å². The lowest BCUT2D eigenvalue weighted by atomic mass is 10.0. The molecule has 35 heavy (non-hydrogen) atoms. The Labute approximate surface area is 209 Å². The number of ether oxygens (including phenoxy) is 3. The number of rotatable bonds is 12. The van der Waals surface area contributed by atoms with E-state index in [1.165, 1.54) is 13.3 Å². The van der Waals surface area contributed by atoms with Crippen LogP contribution in [0.4, 0.5) is 0 Å². The van der Waals surface area contributed by atoms with Gasteiger partial charge in [0.05, 0.1) is 19.9 Å². The van der Waals surface area contributed by atoms with E-state index in [1.807, 2.05) is 20.8 Å². The summed E-state index contributed by atoms with van der Waals surface area (Å²) >= 11 is 5.87. The van der Waals surface area contributed by atoms with Crippen molar-refractivity contribution in [3.8, 4) is 11.5 Å². The van der Waals surface area contributed by atoms with Gasteiger partial charge in [-0.05, 0) is 67.3 Å². The average molecular weight is 504 g/mol. The first-order valence-corrected chi connectivity index (χ1v) is 11.5. The van der Waals surface area contributed by atoms with E-state index in [-0.39, 0.29) is 18.4 Å². The smallest absolute Gasteiger partial charge is 0.343 e. The van der Waals surface area contributed by atoms with Gasteiger partial charge in [0.25, 0.3) is 11.8 Å². The van der Waals surface area contributed by atoms with Crippen LogP contribution >= 0.6 is 11.6 Å². The molecule has 0 aliphatic rings. The molecule has 0 radical (unpaired) electrons. The highest BCUT2D eigenvalue weighted by molar-refractivity contribution is 6.30. The molecule has 0 saturated carbocycles. The van der Waals surface area contributed by atoms with Crippen molar-refractivity contribution in [3.63, 3.8) is 0 Å². The van der Waals surface area contributed by atoms with Gasteiger partial charge >= 0.3 is 5.97 Å². The molecule has 0 aliphatic carbocycles. The highest BCUT2D eigenvalue weighted by Gasteiger charge is 2.22. The number of benzene rings is 2. The lowest BCUT2D eigenvalue weighted by molar-refractivity contribution is -0.142. The van der Waals surface area contributed by atoms with Crippen LogP contribution in [0, 0.1) is 5.92 Å². The van der Waals surface area contributed by atoms with Crippen LogP contribution < -0.4 is 20.2 Å². The van der Waals surface area contributed by atoms with Gasteiger partial charge in [-0.3, -0.25) is 9.59 Å². The van der Waals surface area contributed by atoms with Gasteiger partial charge in [0.1, 0.15) is 6.04 Å². The Bertz CT molecular complexity index is 1040. The van der Waals surface area contributed by atoms with Crippen molar-refractivity contribution < 1.29 is 28.6 Å². The molecule has 9 nitrogen and oxygen atoms in total. The van der Waals surface area contributed by atoms with E-state index in [9.17, 15) is 14.4 Å². The Morgan fingerprint density at radius 2 is 1.77 bits per heavy atom. The molecule has 0 heterocycles. The lowest BCUT2D eigenvalue weighted by Gasteiger charge is -2.19. The molecule has 0 aromatic heterocycles. The van der Waals surface area contributed by atoms with Gasteiger partial charge in [-0.1, -0.05) is 25.4 Å². The predicted octanol–water partition coefficient (Wildman–Crippen LogP) is 3.59. The first-order valence-electron chi connectivity index (χ1n) is 11.1. The Hall–Kier alpha value is -3.59. The molecular weight excluding hydrogens is 474 g/mol. The number of amides is 2. The normalized spacial score (nSPS) is 11.7. The minimum Gasteiger partial charge on any atom is -0.490 e. The zero-order valence-electron chi connectivity index (χ0n) is 20.2. The molecule has 188 valence electrons. The fraction of sp³-hybridized carbons (Fsp3) is 0.360. The van der Waals surface area contributed by atoms with Gasteiger partial charge in [-0.2, -0.15) is 5.10 Å². The zero-order chi connectivity index (χ0) is 25.8. The van der Waals surface area contributed by atoms with E-state index in [0.29, 0.717) is 40.7 Å². The minimum absolute atomic E-state index is 0.159. The van der Waals surface area contributed by atoms with Crippen LogP contribution in [0.3, 0.4) is 0 Å². The van der Waals surface area contributed by atoms with Crippen molar-refractivity contribution in [2.45, 2.75) is 33.2 Å². The fourth-order valence-electron chi connectivity index (χ4n) is 2.98. The number of carbonyl (C=O) groups excluding carboxylic acids is 3. The molecule has 2 amide bonds. The molecule has 0 saturated heterocycles. The highest BCUT2D eigenvalue weighted by atomic mass is 35.5. The third-order valence-corrected chi connectivity index (χ3v) is 4.92. The highest BCUT2D eigenvalue weighted by Crippen LogP contribution is 2.28. The summed E-state index contributed by atoms with van der Waals surface area (Å²) in [6.07, 6.45) is 1.87. The van der Waals surface area contributed by atoms with Crippen LogP contribution in [0.5, 0.6) is 11.5 Å². The summed E-state index contributed by atoms with van der Waals surface area (Å²) in [5.74, 6) is -0.387. The number of halogens is 1. The van der Waals surface area contributed by atoms with Crippen molar-refractivity contribution in [1.29, 1.82) is 0 Å². The van der Waals surface area contributed by atoms with Crippen LogP contribution in [0.2, 0.25) is 5.02 Å². The molecule has 10 heteroatoms. The van der Waals surface area contributed by atoms with Crippen molar-refractivity contribution in [2.75, 3.05) is 20.3 Å². The molecule has 0 bridgehead atoms. The van der Waals surface area contributed by atoms with Gasteiger partial charge in [0.15, 0.2) is 18.1 Å². The molecule has 0 aliphatic heterocycles. The standard InChI is InChI=1S/C25H30ClN3O6/c1-5-34-22-13-17(6-11-21(22)35-15-23(30)33-4)14-27-29-25(32)20(12-16(2)3)28-24(31)18-7-9-19(26)10-8-18/h6-11,13-14,16,20H,5,12,15H2,1-4H3,(H,28,31)(H,29,32). The number of esters is 1. The number of hydrogen-bond donors (Lipinski definition) is 2. The molecule has 0 spiro atoms. The maximum Gasteiger partial charge on any atom is 0.343 e. The third kappa shape index (κ3) is 9.29. The number of hydrogen-bond acceptors (Lipinski definition) is 7. The van der Waals surface area contributed by atoms with E-state index >= 15 is 0 Å². The number of hydrazone groups is 1. The zero-order valence-corrected chi connectivity index (χ0v) is 20.9. The van der Waals surface area contributed by atoms with Crippen LogP contribution in [0.15, 0.2) is 47.6 Å². The maximum atomic E-state index is 12.7. The average Bonchev–Trinajstić information content (AvgIpc) is 2.83. The molecule has 2 rings (SSSR count). The Kier molecular flexibility index (Phi) is 11.0. The summed E-state index contributed by atoms with van der Waals surface area (Å²) in [6, 6.07) is 10.6. The van der Waals surface area contributed by atoms with E-state index < -0.39 is 17.9 Å². The number of nitrogens with zero attached hydrogens (tertiary/aromatic N) is 1. The quantitative estimate of drug-likeness (QED) is 0.260. The fourth-order valence-corrected chi connectivity index (χ4v) is 3.11.